The SMILES string of the molecule is CCc1sc(-n2nc(-c3ccccc3)cc2-c2ccccc2)nc1C(=O)O. The molecule has 0 unspecified atom stereocenters. The van der Waals surface area contributed by atoms with Gasteiger partial charge in [0, 0.05) is 16.0 Å². The zero-order valence-corrected chi connectivity index (χ0v) is 15.5. The summed E-state index contributed by atoms with van der Waals surface area (Å²) >= 11 is 1.37. The van der Waals surface area contributed by atoms with Gasteiger partial charge in [-0.05, 0) is 12.5 Å². The molecule has 0 aliphatic heterocycles. The van der Waals surface area contributed by atoms with E-state index in [0.717, 1.165) is 27.4 Å². The molecule has 0 spiro atoms. The van der Waals surface area contributed by atoms with Crippen molar-refractivity contribution in [1.82, 2.24) is 14.8 Å². The molecule has 0 saturated heterocycles. The number of hydrogen-bond donors (Lipinski definition) is 1. The Hall–Kier alpha value is -3.25. The number of benzene rings is 2. The fourth-order valence-corrected chi connectivity index (χ4v) is 3.89. The first kappa shape index (κ1) is 17.2. The van der Waals surface area contributed by atoms with Crippen molar-refractivity contribution in [2.75, 3.05) is 0 Å². The van der Waals surface area contributed by atoms with Gasteiger partial charge in [0.2, 0.25) is 5.13 Å². The van der Waals surface area contributed by atoms with Gasteiger partial charge in [-0.15, -0.1) is 0 Å². The van der Waals surface area contributed by atoms with Crippen LogP contribution in [0.1, 0.15) is 22.3 Å². The lowest BCUT2D eigenvalue weighted by atomic mass is 10.1. The molecule has 0 saturated carbocycles. The summed E-state index contributed by atoms with van der Waals surface area (Å²) in [5.74, 6) is -1.01. The molecule has 2 aromatic carbocycles. The maximum Gasteiger partial charge on any atom is 0.355 e. The summed E-state index contributed by atoms with van der Waals surface area (Å²) in [5, 5.41) is 14.7. The molecule has 0 amide bonds. The van der Waals surface area contributed by atoms with Gasteiger partial charge in [-0.3, -0.25) is 0 Å². The van der Waals surface area contributed by atoms with Crippen LogP contribution in [-0.4, -0.2) is 25.8 Å². The largest absolute Gasteiger partial charge is 0.476 e. The Kier molecular flexibility index (Phi) is 4.56. The first-order valence-electron chi connectivity index (χ1n) is 8.61. The number of nitrogens with zero attached hydrogens (tertiary/aromatic N) is 3. The van der Waals surface area contributed by atoms with E-state index in [9.17, 15) is 9.90 Å². The van der Waals surface area contributed by atoms with Crippen molar-refractivity contribution in [1.29, 1.82) is 0 Å². The highest BCUT2D eigenvalue weighted by Gasteiger charge is 2.20. The van der Waals surface area contributed by atoms with Crippen LogP contribution >= 0.6 is 11.3 Å². The third-order valence-electron chi connectivity index (χ3n) is 4.24. The van der Waals surface area contributed by atoms with E-state index >= 15 is 0 Å². The number of aromatic nitrogens is 3. The minimum Gasteiger partial charge on any atom is -0.476 e. The molecule has 0 atom stereocenters. The molecule has 5 nitrogen and oxygen atoms in total. The molecular formula is C21H17N3O2S. The third-order valence-corrected chi connectivity index (χ3v) is 5.41. The molecule has 4 rings (SSSR count). The van der Waals surface area contributed by atoms with Gasteiger partial charge in [0.1, 0.15) is 0 Å². The van der Waals surface area contributed by atoms with Crippen LogP contribution in [0.15, 0.2) is 66.7 Å². The van der Waals surface area contributed by atoms with Crippen LogP contribution in [0.25, 0.3) is 27.6 Å². The van der Waals surface area contributed by atoms with Crippen molar-refractivity contribution >= 4 is 17.3 Å². The van der Waals surface area contributed by atoms with Gasteiger partial charge in [0.05, 0.1) is 11.4 Å². The summed E-state index contributed by atoms with van der Waals surface area (Å²) in [6, 6.07) is 21.8. The highest BCUT2D eigenvalue weighted by Crippen LogP contribution is 2.31. The van der Waals surface area contributed by atoms with Crippen molar-refractivity contribution in [3.05, 3.63) is 77.3 Å². The Balaban J connectivity index is 1.91. The second-order valence-electron chi connectivity index (χ2n) is 5.99. The molecule has 27 heavy (non-hydrogen) atoms. The van der Waals surface area contributed by atoms with E-state index in [1.165, 1.54) is 11.3 Å². The number of rotatable bonds is 5. The fraction of sp³-hybridized carbons (Fsp3) is 0.0952. The van der Waals surface area contributed by atoms with Crippen LogP contribution in [0.5, 0.6) is 0 Å². The number of aryl methyl sites for hydroxylation is 1. The van der Waals surface area contributed by atoms with Crippen molar-refractivity contribution in [2.24, 2.45) is 0 Å². The van der Waals surface area contributed by atoms with Gasteiger partial charge in [-0.1, -0.05) is 78.9 Å². The molecule has 4 aromatic rings. The van der Waals surface area contributed by atoms with Crippen molar-refractivity contribution in [3.63, 3.8) is 0 Å². The van der Waals surface area contributed by atoms with Gasteiger partial charge < -0.3 is 5.11 Å². The minimum absolute atomic E-state index is 0.105. The lowest BCUT2D eigenvalue weighted by molar-refractivity contribution is 0.0690. The third kappa shape index (κ3) is 3.27. The Morgan fingerprint density at radius 1 is 1.04 bits per heavy atom. The Bertz CT molecular complexity index is 1090. The Labute approximate surface area is 160 Å². The molecule has 0 bridgehead atoms. The van der Waals surface area contributed by atoms with E-state index in [1.807, 2.05) is 73.7 Å². The highest BCUT2D eigenvalue weighted by molar-refractivity contribution is 7.14. The summed E-state index contributed by atoms with van der Waals surface area (Å²) in [6.07, 6.45) is 0.618. The highest BCUT2D eigenvalue weighted by atomic mass is 32.1. The van der Waals surface area contributed by atoms with Gasteiger partial charge >= 0.3 is 5.97 Å². The molecule has 2 heterocycles. The number of thiazole rings is 1. The number of aromatic carboxylic acids is 1. The predicted octanol–water partition coefficient (Wildman–Crippen LogP) is 4.92. The topological polar surface area (TPSA) is 68.0 Å². The monoisotopic (exact) mass is 375 g/mol. The van der Waals surface area contributed by atoms with Gasteiger partial charge in [-0.25, -0.2) is 14.5 Å². The van der Waals surface area contributed by atoms with Crippen molar-refractivity contribution in [2.45, 2.75) is 13.3 Å². The first-order chi connectivity index (χ1) is 13.2. The Morgan fingerprint density at radius 2 is 1.67 bits per heavy atom. The molecule has 0 aliphatic carbocycles. The van der Waals surface area contributed by atoms with Crippen LogP contribution in [0.4, 0.5) is 0 Å². The Morgan fingerprint density at radius 3 is 2.22 bits per heavy atom. The smallest absolute Gasteiger partial charge is 0.355 e. The standard InChI is InChI=1S/C21H17N3O2S/c1-2-18-19(20(25)26)22-21(27-18)24-17(15-11-7-4-8-12-15)13-16(23-24)14-9-5-3-6-10-14/h3-13H,2H2,1H3,(H,25,26). The van der Waals surface area contributed by atoms with E-state index in [1.54, 1.807) is 4.68 Å². The molecule has 2 aromatic heterocycles. The molecular weight excluding hydrogens is 358 g/mol. The van der Waals surface area contributed by atoms with Crippen LogP contribution in [-0.2, 0) is 6.42 Å². The number of carboxylic acid groups (broad SMARTS) is 1. The number of carboxylic acids is 1. The van der Waals surface area contributed by atoms with E-state index in [2.05, 4.69) is 4.98 Å². The normalized spacial score (nSPS) is 10.9. The van der Waals surface area contributed by atoms with Crippen molar-refractivity contribution in [3.8, 4) is 27.6 Å². The average Bonchev–Trinajstić information content (AvgIpc) is 3.34. The van der Waals surface area contributed by atoms with Crippen LogP contribution in [0.2, 0.25) is 0 Å². The summed E-state index contributed by atoms with van der Waals surface area (Å²) in [4.78, 5) is 16.6. The maximum atomic E-state index is 11.5. The molecule has 134 valence electrons. The van der Waals surface area contributed by atoms with Gasteiger partial charge in [0.25, 0.3) is 0 Å². The van der Waals surface area contributed by atoms with Crippen molar-refractivity contribution < 1.29 is 9.90 Å². The number of hydrogen-bond acceptors (Lipinski definition) is 4. The second-order valence-corrected chi connectivity index (χ2v) is 7.05. The molecule has 0 aliphatic rings. The van der Waals surface area contributed by atoms with Crippen LogP contribution in [0, 0.1) is 0 Å². The van der Waals surface area contributed by atoms with E-state index in [-0.39, 0.29) is 5.69 Å². The van der Waals surface area contributed by atoms with Gasteiger partial charge in [-0.2, -0.15) is 5.10 Å². The van der Waals surface area contributed by atoms with E-state index in [4.69, 9.17) is 5.10 Å². The molecule has 0 radical (unpaired) electrons. The molecule has 1 N–H and O–H groups in total. The maximum absolute atomic E-state index is 11.5. The first-order valence-corrected chi connectivity index (χ1v) is 9.43. The summed E-state index contributed by atoms with van der Waals surface area (Å²) < 4.78 is 1.74. The predicted molar refractivity (Wildman–Crippen MR) is 106 cm³/mol. The number of carbonyl (C=O) groups is 1. The zero-order valence-electron chi connectivity index (χ0n) is 14.7. The fourth-order valence-electron chi connectivity index (χ4n) is 2.93. The lowest BCUT2D eigenvalue weighted by Gasteiger charge is -2.03. The van der Waals surface area contributed by atoms with Crippen LogP contribution in [0.3, 0.4) is 0 Å². The summed E-state index contributed by atoms with van der Waals surface area (Å²) in [7, 11) is 0. The lowest BCUT2D eigenvalue weighted by Crippen LogP contribution is -2.03. The molecule has 0 fully saturated rings. The zero-order chi connectivity index (χ0) is 18.8. The quantitative estimate of drug-likeness (QED) is 0.537. The van der Waals surface area contributed by atoms with E-state index < -0.39 is 5.97 Å². The summed E-state index contributed by atoms with van der Waals surface area (Å²) in [6.45, 7) is 1.93. The second kappa shape index (κ2) is 7.17. The van der Waals surface area contributed by atoms with Crippen LogP contribution < -0.4 is 0 Å². The molecule has 6 heteroatoms. The van der Waals surface area contributed by atoms with E-state index in [0.29, 0.717) is 11.6 Å². The summed E-state index contributed by atoms with van der Waals surface area (Å²) in [5.41, 5.74) is 3.80. The van der Waals surface area contributed by atoms with Gasteiger partial charge in [0.15, 0.2) is 5.69 Å². The average molecular weight is 375 g/mol. The minimum atomic E-state index is -1.01.